The van der Waals surface area contributed by atoms with E-state index in [9.17, 15) is 8.42 Å². The summed E-state index contributed by atoms with van der Waals surface area (Å²) in [5.74, 6) is 0.319. The maximum absolute atomic E-state index is 11.9. The minimum absolute atomic E-state index is 0.134. The van der Waals surface area contributed by atoms with Crippen LogP contribution in [0.1, 0.15) is 20.3 Å². The van der Waals surface area contributed by atoms with Gasteiger partial charge in [0, 0.05) is 25.0 Å². The summed E-state index contributed by atoms with van der Waals surface area (Å²) in [4.78, 5) is 7.96. The van der Waals surface area contributed by atoms with Crippen molar-refractivity contribution in [2.45, 2.75) is 31.2 Å². The van der Waals surface area contributed by atoms with Gasteiger partial charge in [-0.1, -0.05) is 6.92 Å². The Bertz CT molecular complexity index is 530. The molecule has 1 atom stereocenters. The number of rotatable bonds is 7. The van der Waals surface area contributed by atoms with Crippen LogP contribution in [0.4, 0.5) is 0 Å². The molecule has 0 aliphatic rings. The summed E-state index contributed by atoms with van der Waals surface area (Å²) in [7, 11) is -3.53. The molecule has 0 radical (unpaired) electrons. The molecule has 7 nitrogen and oxygen atoms in total. The van der Waals surface area contributed by atoms with Crippen LogP contribution in [0.5, 0.6) is 0 Å². The molecule has 1 unspecified atom stereocenters. The standard InChI is InChI=1S/C12H21N5O2S/c1-3-10(2)17-12(13)15-7-8-16-20(18,19)11-5-4-6-14-9-11/h4-6,9-10,16H,3,7-8H2,1-2H3,(H3,13,15,17). The lowest BCUT2D eigenvalue weighted by Crippen LogP contribution is -2.38. The van der Waals surface area contributed by atoms with Gasteiger partial charge in [-0.05, 0) is 25.5 Å². The molecule has 4 N–H and O–H groups in total. The summed E-state index contributed by atoms with van der Waals surface area (Å²) in [5.41, 5.74) is 5.66. The van der Waals surface area contributed by atoms with Crippen molar-refractivity contribution >= 4 is 16.0 Å². The van der Waals surface area contributed by atoms with Crippen LogP contribution in [0.15, 0.2) is 34.4 Å². The number of nitrogens with two attached hydrogens (primary N) is 1. The normalized spacial score (nSPS) is 14.0. The summed E-state index contributed by atoms with van der Waals surface area (Å²) in [6.07, 6.45) is 3.75. The molecule has 0 fully saturated rings. The highest BCUT2D eigenvalue weighted by Gasteiger charge is 2.12. The van der Waals surface area contributed by atoms with E-state index >= 15 is 0 Å². The Morgan fingerprint density at radius 1 is 1.55 bits per heavy atom. The average molecular weight is 299 g/mol. The van der Waals surface area contributed by atoms with Gasteiger partial charge in [0.05, 0.1) is 6.54 Å². The van der Waals surface area contributed by atoms with Crippen LogP contribution in [-0.2, 0) is 10.0 Å². The fourth-order valence-electron chi connectivity index (χ4n) is 1.35. The highest BCUT2D eigenvalue weighted by molar-refractivity contribution is 7.89. The van der Waals surface area contributed by atoms with Crippen LogP contribution in [-0.4, -0.2) is 38.5 Å². The fourth-order valence-corrected chi connectivity index (χ4v) is 2.33. The highest BCUT2D eigenvalue weighted by Crippen LogP contribution is 2.04. The number of sulfonamides is 1. The Kier molecular flexibility index (Phi) is 6.40. The van der Waals surface area contributed by atoms with E-state index in [2.05, 4.69) is 20.0 Å². The predicted molar refractivity (Wildman–Crippen MR) is 78.8 cm³/mol. The third kappa shape index (κ3) is 5.54. The van der Waals surface area contributed by atoms with Crippen LogP contribution >= 0.6 is 0 Å². The van der Waals surface area contributed by atoms with E-state index in [4.69, 9.17) is 5.73 Å². The third-order valence-corrected chi connectivity index (χ3v) is 4.08. The molecule has 1 rings (SSSR count). The quantitative estimate of drug-likeness (QED) is 0.375. The third-order valence-electron chi connectivity index (χ3n) is 2.64. The van der Waals surface area contributed by atoms with Gasteiger partial charge in [-0.25, -0.2) is 13.1 Å². The molecular formula is C12H21N5O2S. The van der Waals surface area contributed by atoms with Crippen molar-refractivity contribution in [1.29, 1.82) is 0 Å². The summed E-state index contributed by atoms with van der Waals surface area (Å²) >= 11 is 0. The zero-order valence-corrected chi connectivity index (χ0v) is 12.5. The first-order valence-electron chi connectivity index (χ1n) is 6.42. The SMILES string of the molecule is CCC(C)NC(N)=NCCNS(=O)(=O)c1cccnc1. The van der Waals surface area contributed by atoms with Gasteiger partial charge in [-0.15, -0.1) is 0 Å². The van der Waals surface area contributed by atoms with Gasteiger partial charge in [0.2, 0.25) is 10.0 Å². The van der Waals surface area contributed by atoms with Gasteiger partial charge >= 0.3 is 0 Å². The maximum Gasteiger partial charge on any atom is 0.242 e. The van der Waals surface area contributed by atoms with Gasteiger partial charge in [0.25, 0.3) is 0 Å². The molecule has 8 heteroatoms. The number of pyridine rings is 1. The van der Waals surface area contributed by atoms with E-state index in [1.54, 1.807) is 6.07 Å². The molecule has 0 saturated carbocycles. The molecule has 0 spiro atoms. The molecule has 1 heterocycles. The number of hydrogen-bond acceptors (Lipinski definition) is 4. The lowest BCUT2D eigenvalue weighted by Gasteiger charge is -2.11. The van der Waals surface area contributed by atoms with Gasteiger partial charge in [-0.2, -0.15) is 0 Å². The van der Waals surface area contributed by atoms with Crippen LogP contribution in [0, 0.1) is 0 Å². The average Bonchev–Trinajstić information content (AvgIpc) is 2.44. The first-order chi connectivity index (χ1) is 9.45. The molecule has 0 aliphatic carbocycles. The van der Waals surface area contributed by atoms with Crippen LogP contribution in [0.25, 0.3) is 0 Å². The minimum Gasteiger partial charge on any atom is -0.370 e. The van der Waals surface area contributed by atoms with Gasteiger partial charge in [-0.3, -0.25) is 9.98 Å². The first kappa shape index (κ1) is 16.4. The second kappa shape index (κ2) is 7.81. The Morgan fingerprint density at radius 2 is 2.30 bits per heavy atom. The van der Waals surface area contributed by atoms with Crippen molar-refractivity contribution in [3.8, 4) is 0 Å². The predicted octanol–water partition coefficient (Wildman–Crippen LogP) is 0.0627. The Morgan fingerprint density at radius 3 is 2.90 bits per heavy atom. The Balaban J connectivity index is 2.43. The summed E-state index contributed by atoms with van der Waals surface area (Å²) in [5, 5.41) is 3.00. The molecule has 1 aromatic rings. The fraction of sp³-hybridized carbons (Fsp3) is 0.500. The van der Waals surface area contributed by atoms with Crippen molar-refractivity contribution in [2.75, 3.05) is 13.1 Å². The molecule has 20 heavy (non-hydrogen) atoms. The van der Waals surface area contributed by atoms with Crippen molar-refractivity contribution in [3.05, 3.63) is 24.5 Å². The summed E-state index contributed by atoms with van der Waals surface area (Å²) < 4.78 is 26.1. The van der Waals surface area contributed by atoms with E-state index in [1.807, 2.05) is 13.8 Å². The Hall–Kier alpha value is -1.67. The first-order valence-corrected chi connectivity index (χ1v) is 7.90. The van der Waals surface area contributed by atoms with E-state index in [0.717, 1.165) is 6.42 Å². The van der Waals surface area contributed by atoms with E-state index in [-0.39, 0.29) is 24.0 Å². The largest absolute Gasteiger partial charge is 0.370 e. The molecule has 0 saturated heterocycles. The molecule has 1 aromatic heterocycles. The number of hydrogen-bond donors (Lipinski definition) is 3. The summed E-state index contributed by atoms with van der Waals surface area (Å²) in [6.45, 7) is 4.48. The van der Waals surface area contributed by atoms with Gasteiger partial charge in [0.1, 0.15) is 4.90 Å². The number of aliphatic imine (C=N–C) groups is 1. The second-order valence-electron chi connectivity index (χ2n) is 4.31. The van der Waals surface area contributed by atoms with E-state index in [1.165, 1.54) is 18.5 Å². The zero-order valence-electron chi connectivity index (χ0n) is 11.7. The number of nitrogens with zero attached hydrogens (tertiary/aromatic N) is 2. The van der Waals surface area contributed by atoms with Crippen LogP contribution < -0.4 is 15.8 Å². The molecule has 0 aliphatic heterocycles. The molecular weight excluding hydrogens is 278 g/mol. The van der Waals surface area contributed by atoms with Gasteiger partial charge < -0.3 is 11.1 Å². The highest BCUT2D eigenvalue weighted by atomic mass is 32.2. The van der Waals surface area contributed by atoms with Crippen LogP contribution in [0.3, 0.4) is 0 Å². The lowest BCUT2D eigenvalue weighted by molar-refractivity contribution is 0.581. The minimum atomic E-state index is -3.53. The second-order valence-corrected chi connectivity index (χ2v) is 6.07. The number of guanidine groups is 1. The molecule has 0 aromatic carbocycles. The molecule has 0 amide bonds. The number of aromatic nitrogens is 1. The van der Waals surface area contributed by atoms with E-state index in [0.29, 0.717) is 5.96 Å². The van der Waals surface area contributed by atoms with Crippen molar-refractivity contribution in [2.24, 2.45) is 10.7 Å². The molecule has 0 bridgehead atoms. The molecule has 112 valence electrons. The monoisotopic (exact) mass is 299 g/mol. The van der Waals surface area contributed by atoms with E-state index < -0.39 is 10.0 Å². The Labute approximate surface area is 119 Å². The van der Waals surface area contributed by atoms with Crippen molar-refractivity contribution in [3.63, 3.8) is 0 Å². The van der Waals surface area contributed by atoms with Crippen LogP contribution in [0.2, 0.25) is 0 Å². The topological polar surface area (TPSA) is 109 Å². The smallest absolute Gasteiger partial charge is 0.242 e. The van der Waals surface area contributed by atoms with Gasteiger partial charge in [0.15, 0.2) is 5.96 Å². The zero-order chi connectivity index (χ0) is 15.0. The van der Waals surface area contributed by atoms with Crippen molar-refractivity contribution in [1.82, 2.24) is 15.0 Å². The lowest BCUT2D eigenvalue weighted by atomic mass is 10.3. The summed E-state index contributed by atoms with van der Waals surface area (Å²) in [6, 6.07) is 3.30. The van der Waals surface area contributed by atoms with Crippen molar-refractivity contribution < 1.29 is 8.42 Å². The maximum atomic E-state index is 11.9. The number of nitrogens with one attached hydrogen (secondary N) is 2.